The second-order valence-electron chi connectivity index (χ2n) is 5.04. The molecule has 0 aliphatic carbocycles. The lowest BCUT2D eigenvalue weighted by Gasteiger charge is -2.33. The second-order valence-corrected chi connectivity index (χ2v) is 5.04. The van der Waals surface area contributed by atoms with Gasteiger partial charge in [0.1, 0.15) is 5.82 Å². The number of rotatable bonds is 4. The topological polar surface area (TPSA) is 45.6 Å². The van der Waals surface area contributed by atoms with Gasteiger partial charge in [0.2, 0.25) is 0 Å². The van der Waals surface area contributed by atoms with Crippen molar-refractivity contribution in [1.29, 1.82) is 0 Å². The lowest BCUT2D eigenvalue weighted by Crippen LogP contribution is -2.37. The Kier molecular flexibility index (Phi) is 4.55. The third-order valence-electron chi connectivity index (χ3n) is 3.50. The van der Waals surface area contributed by atoms with E-state index in [1.807, 2.05) is 12.1 Å². The van der Waals surface area contributed by atoms with Crippen LogP contribution in [-0.4, -0.2) is 36.9 Å². The highest BCUT2D eigenvalue weighted by Gasteiger charge is 2.20. The molecule has 0 bridgehead atoms. The van der Waals surface area contributed by atoms with Crippen molar-refractivity contribution in [2.75, 3.05) is 31.7 Å². The number of methoxy groups -OCH3 is 1. The van der Waals surface area contributed by atoms with Crippen molar-refractivity contribution in [3.8, 4) is 0 Å². The fourth-order valence-electron chi connectivity index (χ4n) is 2.48. The summed E-state index contributed by atoms with van der Waals surface area (Å²) in [6.07, 6.45) is 3.73. The molecule has 4 nitrogen and oxygen atoms in total. The maximum Gasteiger partial charge on any atom is 0.128 e. The number of nitrogens with zero attached hydrogens (tertiary/aromatic N) is 2. The fraction of sp³-hybridized carbons (Fsp3) is 0.643. The maximum atomic E-state index is 9.47. The Hall–Kier alpha value is -1.13. The first-order chi connectivity index (χ1) is 8.70. The van der Waals surface area contributed by atoms with Crippen molar-refractivity contribution in [1.82, 2.24) is 4.98 Å². The van der Waals surface area contributed by atoms with E-state index in [0.29, 0.717) is 5.92 Å². The first kappa shape index (κ1) is 13.3. The first-order valence-electron chi connectivity index (χ1n) is 6.58. The zero-order chi connectivity index (χ0) is 13.0. The molecular weight excluding hydrogens is 228 g/mol. The highest BCUT2D eigenvalue weighted by molar-refractivity contribution is 5.40. The molecule has 4 heteroatoms. The monoisotopic (exact) mass is 250 g/mol. The highest BCUT2D eigenvalue weighted by atomic mass is 16.5. The summed E-state index contributed by atoms with van der Waals surface area (Å²) < 4.78 is 5.24. The van der Waals surface area contributed by atoms with Crippen LogP contribution in [0, 0.1) is 5.92 Å². The van der Waals surface area contributed by atoms with Gasteiger partial charge in [0, 0.05) is 26.4 Å². The molecule has 0 amide bonds. The molecule has 0 radical (unpaired) electrons. The quantitative estimate of drug-likeness (QED) is 0.887. The molecule has 0 aromatic carbocycles. The zero-order valence-electron chi connectivity index (χ0n) is 11.2. The lowest BCUT2D eigenvalue weighted by molar-refractivity contribution is 0.143. The van der Waals surface area contributed by atoms with Crippen LogP contribution in [0.1, 0.15) is 31.4 Å². The summed E-state index contributed by atoms with van der Waals surface area (Å²) in [4.78, 5) is 6.75. The smallest absolute Gasteiger partial charge is 0.128 e. The number of pyridine rings is 1. The first-order valence-corrected chi connectivity index (χ1v) is 6.58. The molecule has 1 aliphatic rings. The van der Waals surface area contributed by atoms with Crippen molar-refractivity contribution in [2.24, 2.45) is 5.92 Å². The summed E-state index contributed by atoms with van der Waals surface area (Å²) in [6.45, 7) is 4.64. The molecule has 100 valence electrons. The molecule has 18 heavy (non-hydrogen) atoms. The van der Waals surface area contributed by atoms with Gasteiger partial charge in [-0.25, -0.2) is 4.98 Å². The molecule has 2 atom stereocenters. The van der Waals surface area contributed by atoms with Gasteiger partial charge in [-0.2, -0.15) is 0 Å². The van der Waals surface area contributed by atoms with Gasteiger partial charge in [0.15, 0.2) is 0 Å². The molecule has 1 N–H and O–H groups in total. The minimum atomic E-state index is -0.450. The van der Waals surface area contributed by atoms with Crippen LogP contribution >= 0.6 is 0 Å². The predicted octanol–water partition coefficient (Wildman–Crippen LogP) is 2.00. The average molecular weight is 250 g/mol. The van der Waals surface area contributed by atoms with Crippen molar-refractivity contribution >= 4 is 5.82 Å². The molecule has 0 saturated carbocycles. The van der Waals surface area contributed by atoms with Crippen LogP contribution in [0.3, 0.4) is 0 Å². The van der Waals surface area contributed by atoms with Gasteiger partial charge >= 0.3 is 0 Å². The summed E-state index contributed by atoms with van der Waals surface area (Å²) in [6, 6.07) is 3.95. The zero-order valence-corrected chi connectivity index (χ0v) is 11.2. The van der Waals surface area contributed by atoms with Crippen LogP contribution in [0.15, 0.2) is 18.3 Å². The molecule has 1 fully saturated rings. The average Bonchev–Trinajstić information content (AvgIpc) is 2.39. The largest absolute Gasteiger partial charge is 0.389 e. The SMILES string of the molecule is COCC1CCCN(c2ccc(C(C)O)cn2)C1. The van der Waals surface area contributed by atoms with Gasteiger partial charge < -0.3 is 14.7 Å². The van der Waals surface area contributed by atoms with Crippen LogP contribution in [0.5, 0.6) is 0 Å². The molecule has 2 unspecified atom stereocenters. The molecular formula is C14H22N2O2. The van der Waals surface area contributed by atoms with E-state index in [4.69, 9.17) is 4.74 Å². The van der Waals surface area contributed by atoms with E-state index in [-0.39, 0.29) is 0 Å². The van der Waals surface area contributed by atoms with Crippen LogP contribution in [0.2, 0.25) is 0 Å². The normalized spacial score (nSPS) is 21.9. The lowest BCUT2D eigenvalue weighted by atomic mass is 9.99. The van der Waals surface area contributed by atoms with E-state index in [1.165, 1.54) is 12.8 Å². The fourth-order valence-corrected chi connectivity index (χ4v) is 2.48. The van der Waals surface area contributed by atoms with Gasteiger partial charge in [0.25, 0.3) is 0 Å². The number of hydrogen-bond donors (Lipinski definition) is 1. The molecule has 1 saturated heterocycles. The molecule has 1 aromatic heterocycles. The highest BCUT2D eigenvalue weighted by Crippen LogP contribution is 2.22. The van der Waals surface area contributed by atoms with Crippen molar-refractivity contribution in [3.63, 3.8) is 0 Å². The Bertz CT molecular complexity index is 363. The Morgan fingerprint density at radius 1 is 1.56 bits per heavy atom. The van der Waals surface area contributed by atoms with Gasteiger partial charge in [0.05, 0.1) is 12.7 Å². The molecule has 0 spiro atoms. The van der Waals surface area contributed by atoms with Crippen LogP contribution < -0.4 is 4.90 Å². The Morgan fingerprint density at radius 2 is 2.39 bits per heavy atom. The van der Waals surface area contributed by atoms with E-state index in [9.17, 15) is 5.11 Å². The van der Waals surface area contributed by atoms with Crippen molar-refractivity contribution < 1.29 is 9.84 Å². The summed E-state index contributed by atoms with van der Waals surface area (Å²) in [7, 11) is 1.76. The third kappa shape index (κ3) is 3.21. The number of ether oxygens (including phenoxy) is 1. The summed E-state index contributed by atoms with van der Waals surface area (Å²) in [5, 5.41) is 9.47. The molecule has 2 heterocycles. The molecule has 1 aromatic rings. The number of aromatic nitrogens is 1. The Balaban J connectivity index is 2.02. The maximum absolute atomic E-state index is 9.47. The van der Waals surface area contributed by atoms with E-state index < -0.39 is 6.10 Å². The summed E-state index contributed by atoms with van der Waals surface area (Å²) >= 11 is 0. The van der Waals surface area contributed by atoms with Crippen LogP contribution in [-0.2, 0) is 4.74 Å². The van der Waals surface area contributed by atoms with Crippen LogP contribution in [0.25, 0.3) is 0 Å². The minimum absolute atomic E-state index is 0.450. The van der Waals surface area contributed by atoms with Gasteiger partial charge in [-0.05, 0) is 37.3 Å². The predicted molar refractivity (Wildman–Crippen MR) is 71.7 cm³/mol. The number of piperidine rings is 1. The Labute approximate surface area is 109 Å². The van der Waals surface area contributed by atoms with Crippen LogP contribution in [0.4, 0.5) is 5.82 Å². The van der Waals surface area contributed by atoms with E-state index in [0.717, 1.165) is 31.1 Å². The second kappa shape index (κ2) is 6.16. The number of anilines is 1. The van der Waals surface area contributed by atoms with E-state index in [2.05, 4.69) is 9.88 Å². The van der Waals surface area contributed by atoms with Gasteiger partial charge in [-0.15, -0.1) is 0 Å². The minimum Gasteiger partial charge on any atom is -0.389 e. The van der Waals surface area contributed by atoms with E-state index in [1.54, 1.807) is 20.2 Å². The van der Waals surface area contributed by atoms with Crippen molar-refractivity contribution in [3.05, 3.63) is 23.9 Å². The summed E-state index contributed by atoms with van der Waals surface area (Å²) in [5.74, 6) is 1.60. The van der Waals surface area contributed by atoms with Gasteiger partial charge in [-0.3, -0.25) is 0 Å². The van der Waals surface area contributed by atoms with Crippen molar-refractivity contribution in [2.45, 2.75) is 25.9 Å². The standard InChI is InChI=1S/C14H22N2O2/c1-11(17)13-5-6-14(15-8-13)16-7-3-4-12(9-16)10-18-2/h5-6,8,11-12,17H,3-4,7,9-10H2,1-2H3. The third-order valence-corrected chi connectivity index (χ3v) is 3.50. The van der Waals surface area contributed by atoms with E-state index >= 15 is 0 Å². The number of hydrogen-bond acceptors (Lipinski definition) is 4. The van der Waals surface area contributed by atoms with Gasteiger partial charge in [-0.1, -0.05) is 6.07 Å². The molecule has 1 aliphatic heterocycles. The Morgan fingerprint density at radius 3 is 3.00 bits per heavy atom. The number of aliphatic hydroxyl groups is 1. The number of aliphatic hydroxyl groups excluding tert-OH is 1. The molecule has 2 rings (SSSR count). The summed E-state index contributed by atoms with van der Waals surface area (Å²) in [5.41, 5.74) is 0.865.